The molecule has 0 aromatic heterocycles. The SMILES string of the molecule is O=C(Oc1ccccc1)N1C[C@@H](c2ccccc2)C(c2ccc(OC(F)F)cc2)=N1. The zero-order valence-corrected chi connectivity index (χ0v) is 15.8. The van der Waals surface area contributed by atoms with E-state index in [1.807, 2.05) is 36.4 Å². The summed E-state index contributed by atoms with van der Waals surface area (Å²) in [5, 5.41) is 5.77. The Balaban J connectivity index is 1.61. The Kier molecular flexibility index (Phi) is 5.70. The van der Waals surface area contributed by atoms with Gasteiger partial charge >= 0.3 is 12.7 Å². The number of carbonyl (C=O) groups is 1. The van der Waals surface area contributed by atoms with Gasteiger partial charge in [0.15, 0.2) is 0 Å². The lowest BCUT2D eigenvalue weighted by Crippen LogP contribution is -2.28. The predicted octanol–water partition coefficient (Wildman–Crippen LogP) is 5.29. The number of para-hydroxylation sites is 1. The molecular formula is C23H18F2N2O3. The summed E-state index contributed by atoms with van der Waals surface area (Å²) in [5.74, 6) is 0.302. The van der Waals surface area contributed by atoms with Crippen LogP contribution >= 0.6 is 0 Å². The van der Waals surface area contributed by atoms with Crippen LogP contribution in [0.3, 0.4) is 0 Å². The van der Waals surface area contributed by atoms with Crippen LogP contribution in [0.25, 0.3) is 0 Å². The van der Waals surface area contributed by atoms with Crippen molar-refractivity contribution < 1.29 is 23.0 Å². The average Bonchev–Trinajstić information content (AvgIpc) is 3.21. The standard InChI is InChI=1S/C23H18F2N2O3/c24-22(25)29-19-13-11-17(12-14-19)21-20(16-7-3-1-4-8-16)15-27(26-21)23(28)30-18-9-5-2-6-10-18/h1-14,20,22H,15H2/t20-/m0/s1. The Morgan fingerprint density at radius 2 is 1.53 bits per heavy atom. The second kappa shape index (κ2) is 8.73. The molecule has 3 aromatic carbocycles. The quantitative estimate of drug-likeness (QED) is 0.576. The summed E-state index contributed by atoms with van der Waals surface area (Å²) in [6.45, 7) is -2.58. The van der Waals surface area contributed by atoms with Gasteiger partial charge in [0.05, 0.1) is 12.3 Å². The summed E-state index contributed by atoms with van der Waals surface area (Å²) in [4.78, 5) is 12.6. The lowest BCUT2D eigenvalue weighted by molar-refractivity contribution is -0.0498. The second-order valence-corrected chi connectivity index (χ2v) is 6.61. The Hall–Kier alpha value is -3.74. The van der Waals surface area contributed by atoms with Crippen molar-refractivity contribution in [1.29, 1.82) is 0 Å². The van der Waals surface area contributed by atoms with Crippen molar-refractivity contribution in [2.75, 3.05) is 6.54 Å². The topological polar surface area (TPSA) is 51.1 Å². The maximum absolute atomic E-state index is 12.6. The summed E-state index contributed by atoms with van der Waals surface area (Å²) >= 11 is 0. The minimum absolute atomic E-state index is 0.0592. The molecule has 30 heavy (non-hydrogen) atoms. The third-order valence-corrected chi connectivity index (χ3v) is 4.65. The van der Waals surface area contributed by atoms with Crippen molar-refractivity contribution in [2.24, 2.45) is 5.10 Å². The van der Waals surface area contributed by atoms with E-state index in [0.29, 0.717) is 23.6 Å². The van der Waals surface area contributed by atoms with E-state index in [9.17, 15) is 13.6 Å². The molecule has 0 bridgehead atoms. The van der Waals surface area contributed by atoms with Crippen LogP contribution in [-0.4, -0.2) is 30.0 Å². The van der Waals surface area contributed by atoms with E-state index in [0.717, 1.165) is 5.56 Å². The summed E-state index contributed by atoms with van der Waals surface area (Å²) in [6, 6.07) is 24.6. The van der Waals surface area contributed by atoms with Gasteiger partial charge in [-0.3, -0.25) is 0 Å². The van der Waals surface area contributed by atoms with Gasteiger partial charge < -0.3 is 9.47 Å². The fourth-order valence-corrected chi connectivity index (χ4v) is 3.27. The molecule has 0 radical (unpaired) electrons. The van der Waals surface area contributed by atoms with E-state index < -0.39 is 12.7 Å². The van der Waals surface area contributed by atoms with Crippen molar-refractivity contribution in [2.45, 2.75) is 12.5 Å². The molecule has 0 fully saturated rings. The minimum atomic E-state index is -2.89. The van der Waals surface area contributed by atoms with E-state index in [4.69, 9.17) is 4.74 Å². The average molecular weight is 408 g/mol. The lowest BCUT2D eigenvalue weighted by atomic mass is 9.91. The smallest absolute Gasteiger partial charge is 0.435 e. The first-order valence-electron chi connectivity index (χ1n) is 9.33. The molecule has 1 atom stereocenters. The molecule has 1 aliphatic heterocycles. The zero-order valence-electron chi connectivity index (χ0n) is 15.8. The monoisotopic (exact) mass is 408 g/mol. The number of hydrogen-bond acceptors (Lipinski definition) is 4. The van der Waals surface area contributed by atoms with Gasteiger partial charge in [0, 0.05) is 5.92 Å². The molecule has 5 nitrogen and oxygen atoms in total. The van der Waals surface area contributed by atoms with Gasteiger partial charge in [-0.2, -0.15) is 18.9 Å². The van der Waals surface area contributed by atoms with E-state index >= 15 is 0 Å². The number of benzene rings is 3. The molecule has 0 aliphatic carbocycles. The summed E-state index contributed by atoms with van der Waals surface area (Å²) in [6.07, 6.45) is -0.588. The van der Waals surface area contributed by atoms with Crippen LogP contribution in [0, 0.1) is 0 Å². The van der Waals surface area contributed by atoms with Crippen LogP contribution in [0.1, 0.15) is 17.0 Å². The third-order valence-electron chi connectivity index (χ3n) is 4.65. The molecule has 0 saturated heterocycles. The van der Waals surface area contributed by atoms with Gasteiger partial charge in [-0.1, -0.05) is 48.5 Å². The number of amides is 1. The minimum Gasteiger partial charge on any atom is -0.435 e. The Bertz CT molecular complexity index is 1030. The summed E-state index contributed by atoms with van der Waals surface area (Å²) in [5.41, 5.74) is 2.34. The number of hydrazone groups is 1. The van der Waals surface area contributed by atoms with Crippen molar-refractivity contribution in [1.82, 2.24) is 5.01 Å². The number of alkyl halides is 2. The van der Waals surface area contributed by atoms with Crippen LogP contribution in [0.2, 0.25) is 0 Å². The van der Waals surface area contributed by atoms with Gasteiger partial charge in [0.2, 0.25) is 0 Å². The number of hydrogen-bond donors (Lipinski definition) is 0. The molecule has 0 saturated carbocycles. The maximum Gasteiger partial charge on any atom is 0.435 e. The molecule has 152 valence electrons. The fourth-order valence-electron chi connectivity index (χ4n) is 3.27. The highest BCUT2D eigenvalue weighted by Gasteiger charge is 2.33. The Morgan fingerprint density at radius 1 is 0.900 bits per heavy atom. The highest BCUT2D eigenvalue weighted by atomic mass is 19.3. The van der Waals surface area contributed by atoms with Crippen LogP contribution < -0.4 is 9.47 Å². The molecule has 1 heterocycles. The highest BCUT2D eigenvalue weighted by molar-refractivity contribution is 6.07. The largest absolute Gasteiger partial charge is 0.435 e. The maximum atomic E-state index is 12.6. The van der Waals surface area contributed by atoms with Gasteiger partial charge in [-0.05, 0) is 47.5 Å². The zero-order chi connectivity index (χ0) is 20.9. The van der Waals surface area contributed by atoms with Gasteiger partial charge in [-0.25, -0.2) is 4.79 Å². The van der Waals surface area contributed by atoms with Crippen LogP contribution in [0.4, 0.5) is 13.6 Å². The van der Waals surface area contributed by atoms with E-state index in [2.05, 4.69) is 9.84 Å². The molecule has 0 unspecified atom stereocenters. The van der Waals surface area contributed by atoms with Crippen molar-refractivity contribution in [3.05, 3.63) is 96.1 Å². The molecule has 0 spiro atoms. The van der Waals surface area contributed by atoms with E-state index in [1.165, 1.54) is 17.1 Å². The first kappa shape index (κ1) is 19.6. The number of carbonyl (C=O) groups excluding carboxylic acids is 1. The number of halogens is 2. The van der Waals surface area contributed by atoms with Gasteiger partial charge in [-0.15, -0.1) is 0 Å². The van der Waals surface area contributed by atoms with Crippen LogP contribution in [0.5, 0.6) is 11.5 Å². The molecule has 1 amide bonds. The molecule has 7 heteroatoms. The highest BCUT2D eigenvalue weighted by Crippen LogP contribution is 2.30. The number of nitrogens with zero attached hydrogens (tertiary/aromatic N) is 2. The Labute approximate surface area is 172 Å². The third kappa shape index (κ3) is 4.46. The van der Waals surface area contributed by atoms with Gasteiger partial charge in [0.1, 0.15) is 11.5 Å². The van der Waals surface area contributed by atoms with E-state index in [-0.39, 0.29) is 11.7 Å². The van der Waals surface area contributed by atoms with Gasteiger partial charge in [0.25, 0.3) is 0 Å². The molecule has 1 aliphatic rings. The predicted molar refractivity (Wildman–Crippen MR) is 108 cm³/mol. The second-order valence-electron chi connectivity index (χ2n) is 6.61. The van der Waals surface area contributed by atoms with Crippen molar-refractivity contribution >= 4 is 11.8 Å². The Morgan fingerprint density at radius 3 is 2.17 bits per heavy atom. The number of rotatable bonds is 5. The van der Waals surface area contributed by atoms with Crippen LogP contribution in [-0.2, 0) is 0 Å². The molecule has 0 N–H and O–H groups in total. The first-order valence-corrected chi connectivity index (χ1v) is 9.33. The van der Waals surface area contributed by atoms with Crippen molar-refractivity contribution in [3.63, 3.8) is 0 Å². The normalized spacial score (nSPS) is 15.8. The van der Waals surface area contributed by atoms with Crippen molar-refractivity contribution in [3.8, 4) is 11.5 Å². The number of ether oxygens (including phenoxy) is 2. The summed E-state index contributed by atoms with van der Waals surface area (Å²) < 4.78 is 34.7. The first-order chi connectivity index (χ1) is 14.6. The lowest BCUT2D eigenvalue weighted by Gasteiger charge is -2.15. The summed E-state index contributed by atoms with van der Waals surface area (Å²) in [7, 11) is 0. The molecule has 3 aromatic rings. The van der Waals surface area contributed by atoms with Crippen LogP contribution in [0.15, 0.2) is 90.0 Å². The van der Waals surface area contributed by atoms with E-state index in [1.54, 1.807) is 36.4 Å². The molecule has 4 rings (SSSR count). The fraction of sp³-hybridized carbons (Fsp3) is 0.130. The molecular weight excluding hydrogens is 390 g/mol.